The summed E-state index contributed by atoms with van der Waals surface area (Å²) in [7, 11) is 0. The van der Waals surface area contributed by atoms with E-state index >= 15 is 0 Å². The Morgan fingerprint density at radius 1 is 1.67 bits per heavy atom. The van der Waals surface area contributed by atoms with Gasteiger partial charge in [-0.15, -0.1) is 24.2 Å². The second-order valence-electron chi connectivity index (χ2n) is 1.91. The van der Waals surface area contributed by atoms with E-state index in [1.165, 1.54) is 0 Å². The summed E-state index contributed by atoms with van der Waals surface area (Å²) in [5, 5.41) is 11.6. The molecule has 0 aromatic carbocycles. The third-order valence-corrected chi connectivity index (χ3v) is 2.58. The van der Waals surface area contributed by atoms with Gasteiger partial charge in [0.15, 0.2) is 0 Å². The predicted molar refractivity (Wildman–Crippen MR) is 42.0 cm³/mol. The van der Waals surface area contributed by atoms with Gasteiger partial charge in [0.25, 0.3) is 0 Å². The van der Waals surface area contributed by atoms with E-state index < -0.39 is 0 Å². The van der Waals surface area contributed by atoms with Crippen LogP contribution in [-0.4, -0.2) is 24.1 Å². The fourth-order valence-corrected chi connectivity index (χ4v) is 1.21. The summed E-state index contributed by atoms with van der Waals surface area (Å²) >= 11 is 1.64. The summed E-state index contributed by atoms with van der Waals surface area (Å²) in [5.74, 6) is 0. The number of thioether (sulfide) groups is 1. The van der Waals surface area contributed by atoms with Crippen LogP contribution in [0.5, 0.6) is 0 Å². The number of rotatable bonds is 1. The van der Waals surface area contributed by atoms with Crippen molar-refractivity contribution in [3.05, 3.63) is 0 Å². The van der Waals surface area contributed by atoms with Gasteiger partial charge in [0.2, 0.25) is 0 Å². The summed E-state index contributed by atoms with van der Waals surface area (Å²) in [6.07, 6.45) is 1.98. The Balaban J connectivity index is 0.000000640. The lowest BCUT2D eigenvalue weighted by Crippen LogP contribution is -2.55. The average molecular weight is 165 g/mol. The van der Waals surface area contributed by atoms with Crippen molar-refractivity contribution in [2.45, 2.75) is 4.75 Å². The highest BCUT2D eigenvalue weighted by Gasteiger charge is 2.35. The minimum absolute atomic E-state index is 0. The van der Waals surface area contributed by atoms with E-state index in [4.69, 9.17) is 5.26 Å². The largest absolute Gasteiger partial charge is 0.312 e. The lowest BCUT2D eigenvalue weighted by Gasteiger charge is -2.34. The van der Waals surface area contributed by atoms with E-state index in [1.54, 1.807) is 11.8 Å². The second-order valence-corrected chi connectivity index (χ2v) is 3.10. The standard InChI is InChI=1S/C5H8N2S.ClH/c1-8-5(2-6)3-7-4-5;/h7H,3-4H2,1H3;1H. The number of halogens is 1. The van der Waals surface area contributed by atoms with Crippen molar-refractivity contribution in [1.29, 1.82) is 5.26 Å². The Kier molecular flexibility index (Phi) is 3.34. The van der Waals surface area contributed by atoms with Crippen molar-refractivity contribution in [2.24, 2.45) is 0 Å². The number of hydrogen-bond acceptors (Lipinski definition) is 3. The van der Waals surface area contributed by atoms with Gasteiger partial charge < -0.3 is 5.32 Å². The van der Waals surface area contributed by atoms with Gasteiger partial charge in [-0.25, -0.2) is 0 Å². The van der Waals surface area contributed by atoms with Gasteiger partial charge in [0.1, 0.15) is 4.75 Å². The summed E-state index contributed by atoms with van der Waals surface area (Å²) in [6.45, 7) is 1.70. The molecule has 4 heteroatoms. The zero-order valence-corrected chi connectivity index (χ0v) is 6.81. The van der Waals surface area contributed by atoms with Crippen LogP contribution in [0.3, 0.4) is 0 Å². The molecule has 9 heavy (non-hydrogen) atoms. The van der Waals surface area contributed by atoms with Crippen LogP contribution in [0.2, 0.25) is 0 Å². The molecule has 0 aromatic heterocycles. The Morgan fingerprint density at radius 2 is 2.22 bits per heavy atom. The molecule has 1 fully saturated rings. The van der Waals surface area contributed by atoms with Crippen LogP contribution in [0.4, 0.5) is 0 Å². The van der Waals surface area contributed by atoms with Crippen LogP contribution >= 0.6 is 24.2 Å². The molecule has 52 valence electrons. The topological polar surface area (TPSA) is 35.8 Å². The molecule has 0 bridgehead atoms. The number of nitrogens with zero attached hydrogens (tertiary/aromatic N) is 1. The Morgan fingerprint density at radius 3 is 2.22 bits per heavy atom. The van der Waals surface area contributed by atoms with Crippen molar-refractivity contribution < 1.29 is 0 Å². The van der Waals surface area contributed by atoms with Crippen molar-refractivity contribution in [3.8, 4) is 6.07 Å². The molecule has 0 radical (unpaired) electrons. The summed E-state index contributed by atoms with van der Waals surface area (Å²) < 4.78 is -0.0833. The van der Waals surface area contributed by atoms with Crippen LogP contribution in [0.25, 0.3) is 0 Å². The molecule has 2 nitrogen and oxygen atoms in total. The van der Waals surface area contributed by atoms with Crippen molar-refractivity contribution in [2.75, 3.05) is 19.3 Å². The van der Waals surface area contributed by atoms with Gasteiger partial charge >= 0.3 is 0 Å². The Labute approximate surface area is 65.4 Å². The Bertz CT molecular complexity index is 122. The highest BCUT2D eigenvalue weighted by Crippen LogP contribution is 2.25. The molecule has 1 rings (SSSR count). The fraction of sp³-hybridized carbons (Fsp3) is 0.800. The smallest absolute Gasteiger partial charge is 0.127 e. The molecule has 0 saturated carbocycles. The average Bonchev–Trinajstić information content (AvgIpc) is 1.67. The maximum Gasteiger partial charge on any atom is 0.127 e. The van der Waals surface area contributed by atoms with Crippen LogP contribution in [0.1, 0.15) is 0 Å². The highest BCUT2D eigenvalue weighted by molar-refractivity contribution is 8.00. The summed E-state index contributed by atoms with van der Waals surface area (Å²) in [6, 6.07) is 2.27. The third kappa shape index (κ3) is 1.51. The highest BCUT2D eigenvalue weighted by atomic mass is 35.5. The van der Waals surface area contributed by atoms with Crippen LogP contribution in [0, 0.1) is 11.3 Å². The SMILES string of the molecule is CSC1(C#N)CNC1.Cl. The first kappa shape index (κ1) is 9.09. The minimum Gasteiger partial charge on any atom is -0.312 e. The van der Waals surface area contributed by atoms with E-state index in [2.05, 4.69) is 11.4 Å². The lowest BCUT2D eigenvalue weighted by molar-refractivity contribution is 0.469. The monoisotopic (exact) mass is 164 g/mol. The third-order valence-electron chi connectivity index (χ3n) is 1.42. The van der Waals surface area contributed by atoms with Crippen LogP contribution < -0.4 is 5.32 Å². The molecular weight excluding hydrogens is 156 g/mol. The van der Waals surface area contributed by atoms with Crippen LogP contribution in [0.15, 0.2) is 0 Å². The van der Waals surface area contributed by atoms with Gasteiger partial charge in [-0.1, -0.05) is 0 Å². The molecule has 0 atom stereocenters. The maximum atomic E-state index is 8.53. The van der Waals surface area contributed by atoms with Crippen molar-refractivity contribution >= 4 is 24.2 Å². The van der Waals surface area contributed by atoms with Crippen molar-refractivity contribution in [3.63, 3.8) is 0 Å². The van der Waals surface area contributed by atoms with Gasteiger partial charge in [-0.3, -0.25) is 0 Å². The zero-order valence-electron chi connectivity index (χ0n) is 5.18. The maximum absolute atomic E-state index is 8.53. The van der Waals surface area contributed by atoms with E-state index in [-0.39, 0.29) is 17.2 Å². The van der Waals surface area contributed by atoms with E-state index in [0.29, 0.717) is 0 Å². The van der Waals surface area contributed by atoms with Crippen LogP contribution in [-0.2, 0) is 0 Å². The first-order chi connectivity index (χ1) is 3.83. The quantitative estimate of drug-likeness (QED) is 0.618. The van der Waals surface area contributed by atoms with Gasteiger partial charge in [-0.2, -0.15) is 5.26 Å². The van der Waals surface area contributed by atoms with E-state index in [9.17, 15) is 0 Å². The molecule has 1 saturated heterocycles. The number of hydrogen-bond donors (Lipinski definition) is 1. The van der Waals surface area contributed by atoms with Gasteiger partial charge in [0, 0.05) is 13.1 Å². The molecule has 0 aliphatic carbocycles. The molecule has 0 aromatic rings. The first-order valence-electron chi connectivity index (χ1n) is 2.50. The molecule has 0 amide bonds. The first-order valence-corrected chi connectivity index (χ1v) is 3.72. The second kappa shape index (κ2) is 3.31. The predicted octanol–water partition coefficient (Wildman–Crippen LogP) is 0.637. The molecule has 0 spiro atoms. The summed E-state index contributed by atoms with van der Waals surface area (Å²) in [4.78, 5) is 0. The molecular formula is C5H9ClN2S. The lowest BCUT2D eigenvalue weighted by atomic mass is 10.1. The van der Waals surface area contributed by atoms with Gasteiger partial charge in [0.05, 0.1) is 6.07 Å². The molecule has 1 heterocycles. The molecule has 1 aliphatic rings. The van der Waals surface area contributed by atoms with E-state index in [1.807, 2.05) is 6.26 Å². The fourth-order valence-electron chi connectivity index (χ4n) is 0.621. The Hall–Kier alpha value is 0.0900. The number of nitrogens with one attached hydrogen (secondary N) is 1. The van der Waals surface area contributed by atoms with Gasteiger partial charge in [-0.05, 0) is 6.26 Å². The number of nitriles is 1. The van der Waals surface area contributed by atoms with E-state index in [0.717, 1.165) is 13.1 Å². The van der Waals surface area contributed by atoms with Crippen molar-refractivity contribution in [1.82, 2.24) is 5.32 Å². The summed E-state index contributed by atoms with van der Waals surface area (Å²) in [5.41, 5.74) is 0. The minimum atomic E-state index is -0.0833. The molecule has 1 N–H and O–H groups in total. The normalized spacial score (nSPS) is 20.9. The molecule has 0 unspecified atom stereocenters. The zero-order chi connectivity index (χ0) is 6.04. The molecule has 1 aliphatic heterocycles.